The Morgan fingerprint density at radius 2 is 2.12 bits per heavy atom. The van der Waals surface area contributed by atoms with E-state index < -0.39 is 0 Å². The Labute approximate surface area is 99.0 Å². The third-order valence-corrected chi connectivity index (χ3v) is 2.71. The van der Waals surface area contributed by atoms with E-state index in [1.54, 1.807) is 20.0 Å². The van der Waals surface area contributed by atoms with Crippen molar-refractivity contribution in [3.05, 3.63) is 51.7 Å². The van der Waals surface area contributed by atoms with Gasteiger partial charge >= 0.3 is 0 Å². The Bertz CT molecular complexity index is 589. The molecule has 0 spiro atoms. The molecular formula is C12H14N4O. The number of pyridine rings is 1. The van der Waals surface area contributed by atoms with Gasteiger partial charge in [0.05, 0.1) is 12.2 Å². The van der Waals surface area contributed by atoms with Crippen molar-refractivity contribution in [3.63, 3.8) is 0 Å². The first kappa shape index (κ1) is 11.3. The molecule has 88 valence electrons. The van der Waals surface area contributed by atoms with Crippen LogP contribution in [-0.2, 0) is 6.54 Å². The number of anilines is 1. The summed E-state index contributed by atoms with van der Waals surface area (Å²) in [5, 5.41) is 0. The van der Waals surface area contributed by atoms with E-state index in [2.05, 4.69) is 9.97 Å². The van der Waals surface area contributed by atoms with Gasteiger partial charge in [-0.25, -0.2) is 4.98 Å². The number of hydrogen-bond donors (Lipinski definition) is 1. The Morgan fingerprint density at radius 1 is 1.35 bits per heavy atom. The minimum absolute atomic E-state index is 0.111. The molecule has 17 heavy (non-hydrogen) atoms. The van der Waals surface area contributed by atoms with Gasteiger partial charge in [0.2, 0.25) is 5.95 Å². The van der Waals surface area contributed by atoms with Crippen LogP contribution in [0, 0.1) is 13.8 Å². The van der Waals surface area contributed by atoms with Crippen LogP contribution >= 0.6 is 0 Å². The quantitative estimate of drug-likeness (QED) is 0.831. The molecule has 2 aromatic heterocycles. The largest absolute Gasteiger partial charge is 0.369 e. The molecule has 0 aliphatic carbocycles. The molecular weight excluding hydrogens is 216 g/mol. The zero-order chi connectivity index (χ0) is 12.4. The minimum atomic E-state index is -0.111. The second-order valence-electron chi connectivity index (χ2n) is 3.89. The van der Waals surface area contributed by atoms with E-state index in [1.807, 2.05) is 18.2 Å². The highest BCUT2D eigenvalue weighted by atomic mass is 16.1. The monoisotopic (exact) mass is 230 g/mol. The number of nitrogen functional groups attached to an aromatic ring is 1. The molecule has 0 radical (unpaired) electrons. The third kappa shape index (κ3) is 2.18. The lowest BCUT2D eigenvalue weighted by molar-refractivity contribution is 0.721. The maximum Gasteiger partial charge on any atom is 0.258 e. The molecule has 5 heteroatoms. The van der Waals surface area contributed by atoms with Crippen molar-refractivity contribution < 1.29 is 0 Å². The first-order chi connectivity index (χ1) is 8.09. The molecule has 2 rings (SSSR count). The Kier molecular flexibility index (Phi) is 2.91. The lowest BCUT2D eigenvalue weighted by Gasteiger charge is -2.10. The molecule has 0 aliphatic heterocycles. The summed E-state index contributed by atoms with van der Waals surface area (Å²) in [5.74, 6) is 0.226. The maximum absolute atomic E-state index is 12.0. The Hall–Kier alpha value is -2.17. The van der Waals surface area contributed by atoms with Crippen molar-refractivity contribution in [2.75, 3.05) is 5.73 Å². The number of aromatic nitrogens is 3. The molecule has 0 fully saturated rings. The van der Waals surface area contributed by atoms with Crippen LogP contribution in [0.3, 0.4) is 0 Å². The van der Waals surface area contributed by atoms with Gasteiger partial charge in [-0.2, -0.15) is 0 Å². The van der Waals surface area contributed by atoms with Crippen LogP contribution in [0.15, 0.2) is 29.2 Å². The summed E-state index contributed by atoms with van der Waals surface area (Å²) in [6.07, 6.45) is 1.69. The van der Waals surface area contributed by atoms with Crippen LogP contribution in [0.2, 0.25) is 0 Å². The molecule has 0 aliphatic rings. The van der Waals surface area contributed by atoms with Gasteiger partial charge in [-0.1, -0.05) is 6.07 Å². The molecule has 0 saturated carbocycles. The van der Waals surface area contributed by atoms with E-state index in [-0.39, 0.29) is 11.5 Å². The molecule has 5 nitrogen and oxygen atoms in total. The van der Waals surface area contributed by atoms with Gasteiger partial charge in [0.15, 0.2) is 0 Å². The van der Waals surface area contributed by atoms with Crippen LogP contribution < -0.4 is 11.3 Å². The van der Waals surface area contributed by atoms with Gasteiger partial charge in [0, 0.05) is 17.5 Å². The lowest BCUT2D eigenvalue weighted by Crippen LogP contribution is -2.28. The van der Waals surface area contributed by atoms with E-state index in [1.165, 1.54) is 4.57 Å². The summed E-state index contributed by atoms with van der Waals surface area (Å²) < 4.78 is 1.44. The third-order valence-electron chi connectivity index (χ3n) is 2.71. The smallest absolute Gasteiger partial charge is 0.258 e. The Balaban J connectivity index is 2.47. The standard InChI is InChI=1S/C12H14N4O/c1-8-9(2)15-12(13)16(11(8)17)7-10-5-3-4-6-14-10/h3-6H,7H2,1-2H3,(H2,13,15). The molecule has 2 aromatic rings. The van der Waals surface area contributed by atoms with Gasteiger partial charge in [-0.15, -0.1) is 0 Å². The summed E-state index contributed by atoms with van der Waals surface area (Å²) in [6.45, 7) is 3.87. The molecule has 2 N–H and O–H groups in total. The average Bonchev–Trinajstić information content (AvgIpc) is 2.33. The summed E-state index contributed by atoms with van der Waals surface area (Å²) in [4.78, 5) is 20.3. The normalized spacial score (nSPS) is 10.5. The van der Waals surface area contributed by atoms with Crippen LogP contribution in [0.4, 0.5) is 5.95 Å². The zero-order valence-electron chi connectivity index (χ0n) is 9.84. The second kappa shape index (κ2) is 4.37. The first-order valence-electron chi connectivity index (χ1n) is 5.33. The number of aryl methyl sites for hydroxylation is 1. The van der Waals surface area contributed by atoms with Crippen molar-refractivity contribution >= 4 is 5.95 Å². The van der Waals surface area contributed by atoms with Gasteiger partial charge in [0.1, 0.15) is 0 Å². The number of hydrogen-bond acceptors (Lipinski definition) is 4. The van der Waals surface area contributed by atoms with Crippen molar-refractivity contribution in [2.45, 2.75) is 20.4 Å². The zero-order valence-corrected chi connectivity index (χ0v) is 9.84. The van der Waals surface area contributed by atoms with Crippen molar-refractivity contribution in [3.8, 4) is 0 Å². The molecule has 0 amide bonds. The summed E-state index contributed by atoms with van der Waals surface area (Å²) >= 11 is 0. The van der Waals surface area contributed by atoms with Gasteiger partial charge < -0.3 is 5.73 Å². The number of rotatable bonds is 2. The molecule has 0 atom stereocenters. The van der Waals surface area contributed by atoms with Gasteiger partial charge in [-0.05, 0) is 26.0 Å². The molecule has 0 aromatic carbocycles. The number of nitrogens with zero attached hydrogens (tertiary/aromatic N) is 3. The van der Waals surface area contributed by atoms with Crippen LogP contribution in [0.5, 0.6) is 0 Å². The minimum Gasteiger partial charge on any atom is -0.369 e. The van der Waals surface area contributed by atoms with Crippen molar-refractivity contribution in [1.29, 1.82) is 0 Å². The Morgan fingerprint density at radius 3 is 2.76 bits per heavy atom. The average molecular weight is 230 g/mol. The molecule has 2 heterocycles. The number of nitrogens with two attached hydrogens (primary N) is 1. The van der Waals surface area contributed by atoms with Crippen LogP contribution in [0.1, 0.15) is 17.0 Å². The fourth-order valence-corrected chi connectivity index (χ4v) is 1.58. The first-order valence-corrected chi connectivity index (χ1v) is 5.33. The van der Waals surface area contributed by atoms with Crippen LogP contribution in [-0.4, -0.2) is 14.5 Å². The second-order valence-corrected chi connectivity index (χ2v) is 3.89. The highest BCUT2D eigenvalue weighted by molar-refractivity contribution is 5.26. The summed E-state index contributed by atoms with van der Waals surface area (Å²) in [6, 6.07) is 5.55. The van der Waals surface area contributed by atoms with Crippen LogP contribution in [0.25, 0.3) is 0 Å². The molecule has 0 bridgehead atoms. The fraction of sp³-hybridized carbons (Fsp3) is 0.250. The molecule has 0 unspecified atom stereocenters. The van der Waals surface area contributed by atoms with E-state index in [9.17, 15) is 4.79 Å². The predicted octanol–water partition coefficient (Wildman–Crippen LogP) is 0.886. The predicted molar refractivity (Wildman–Crippen MR) is 65.7 cm³/mol. The van der Waals surface area contributed by atoms with Crippen molar-refractivity contribution in [2.24, 2.45) is 0 Å². The SMILES string of the molecule is Cc1nc(N)n(Cc2ccccn2)c(=O)c1C. The maximum atomic E-state index is 12.0. The van der Waals surface area contributed by atoms with E-state index in [4.69, 9.17) is 5.73 Å². The van der Waals surface area contributed by atoms with E-state index in [0.717, 1.165) is 5.69 Å². The summed E-state index contributed by atoms with van der Waals surface area (Å²) in [7, 11) is 0. The van der Waals surface area contributed by atoms with Crippen molar-refractivity contribution in [1.82, 2.24) is 14.5 Å². The topological polar surface area (TPSA) is 73.8 Å². The fourth-order valence-electron chi connectivity index (χ4n) is 1.58. The summed E-state index contributed by atoms with van der Waals surface area (Å²) in [5.41, 5.74) is 7.73. The van der Waals surface area contributed by atoms with E-state index in [0.29, 0.717) is 17.8 Å². The van der Waals surface area contributed by atoms with E-state index >= 15 is 0 Å². The lowest BCUT2D eigenvalue weighted by atomic mass is 10.2. The molecule has 0 saturated heterocycles. The van der Waals surface area contributed by atoms with Gasteiger partial charge in [0.25, 0.3) is 5.56 Å². The highest BCUT2D eigenvalue weighted by Gasteiger charge is 2.09. The van der Waals surface area contributed by atoms with Gasteiger partial charge in [-0.3, -0.25) is 14.3 Å². The highest BCUT2D eigenvalue weighted by Crippen LogP contribution is 2.04.